The summed E-state index contributed by atoms with van der Waals surface area (Å²) >= 11 is 7.30. The van der Waals surface area contributed by atoms with Crippen molar-refractivity contribution in [2.75, 3.05) is 6.54 Å². The number of halogens is 1. The van der Waals surface area contributed by atoms with Gasteiger partial charge in [-0.2, -0.15) is 0 Å². The van der Waals surface area contributed by atoms with Crippen molar-refractivity contribution in [1.82, 2.24) is 25.1 Å². The number of carbonyl (C=O) groups excluding carboxylic acids is 2. The van der Waals surface area contributed by atoms with Crippen LogP contribution in [0.4, 0.5) is 0 Å². The highest BCUT2D eigenvalue weighted by Gasteiger charge is 2.34. The summed E-state index contributed by atoms with van der Waals surface area (Å²) in [5, 5.41) is 13.0. The number of likely N-dealkylation sites (tertiary alicyclic amines) is 1. The van der Waals surface area contributed by atoms with E-state index in [0.717, 1.165) is 25.7 Å². The average Bonchev–Trinajstić information content (AvgIpc) is 3.34. The standard InChI is InChI=1S/C19H22ClN5O2S/c20-14-10-8-13(9-11-14)17(26)24-12-4-3-7-16(18(24)27)28-19-21-22-23-25(19)15-5-1-2-6-15/h8-11,15-16H,1-7,12H2. The Morgan fingerprint density at radius 3 is 2.54 bits per heavy atom. The van der Waals surface area contributed by atoms with Gasteiger partial charge in [0.05, 0.1) is 11.3 Å². The van der Waals surface area contributed by atoms with E-state index in [0.29, 0.717) is 34.7 Å². The van der Waals surface area contributed by atoms with Crippen LogP contribution in [0.5, 0.6) is 0 Å². The maximum atomic E-state index is 13.2. The van der Waals surface area contributed by atoms with Crippen LogP contribution in [-0.2, 0) is 4.79 Å². The molecule has 2 fully saturated rings. The number of aromatic nitrogens is 4. The molecule has 1 aliphatic carbocycles. The van der Waals surface area contributed by atoms with Gasteiger partial charge in [0.15, 0.2) is 0 Å². The number of carbonyl (C=O) groups is 2. The fourth-order valence-corrected chi connectivity index (χ4v) is 5.10. The third kappa shape index (κ3) is 4.07. The minimum Gasteiger partial charge on any atom is -0.278 e. The number of tetrazole rings is 1. The second-order valence-corrected chi connectivity index (χ2v) is 8.85. The molecule has 148 valence electrons. The number of nitrogens with zero attached hydrogens (tertiary/aromatic N) is 5. The fourth-order valence-electron chi connectivity index (χ4n) is 3.83. The smallest absolute Gasteiger partial charge is 0.260 e. The van der Waals surface area contributed by atoms with E-state index < -0.39 is 0 Å². The summed E-state index contributed by atoms with van der Waals surface area (Å²) in [6.45, 7) is 0.435. The van der Waals surface area contributed by atoms with E-state index in [4.69, 9.17) is 11.6 Å². The molecule has 9 heteroatoms. The second-order valence-electron chi connectivity index (χ2n) is 7.25. The molecule has 7 nitrogen and oxygen atoms in total. The van der Waals surface area contributed by atoms with Gasteiger partial charge in [0, 0.05) is 17.1 Å². The average molecular weight is 420 g/mol. The zero-order valence-electron chi connectivity index (χ0n) is 15.5. The van der Waals surface area contributed by atoms with Gasteiger partial charge in [-0.1, -0.05) is 42.6 Å². The van der Waals surface area contributed by atoms with Crippen LogP contribution >= 0.6 is 23.4 Å². The molecule has 1 unspecified atom stereocenters. The number of benzene rings is 1. The molecule has 0 N–H and O–H groups in total. The zero-order valence-corrected chi connectivity index (χ0v) is 17.0. The normalized spacial score (nSPS) is 21.1. The number of imide groups is 1. The van der Waals surface area contributed by atoms with Crippen molar-refractivity contribution in [3.63, 3.8) is 0 Å². The van der Waals surface area contributed by atoms with Crippen molar-refractivity contribution in [3.8, 4) is 0 Å². The Balaban J connectivity index is 1.52. The van der Waals surface area contributed by atoms with Gasteiger partial charge in [0.1, 0.15) is 0 Å². The molecule has 28 heavy (non-hydrogen) atoms. The third-order valence-electron chi connectivity index (χ3n) is 5.36. The number of thioether (sulfide) groups is 1. The second kappa shape index (κ2) is 8.61. The predicted molar refractivity (Wildman–Crippen MR) is 106 cm³/mol. The Morgan fingerprint density at radius 2 is 1.79 bits per heavy atom. The van der Waals surface area contributed by atoms with Gasteiger partial charge in [-0.25, -0.2) is 4.68 Å². The van der Waals surface area contributed by atoms with E-state index in [-0.39, 0.29) is 17.1 Å². The van der Waals surface area contributed by atoms with Gasteiger partial charge < -0.3 is 0 Å². The molecular weight excluding hydrogens is 398 g/mol. The Bertz CT molecular complexity index is 850. The van der Waals surface area contributed by atoms with Crippen molar-refractivity contribution < 1.29 is 9.59 Å². The lowest BCUT2D eigenvalue weighted by atomic mass is 10.2. The highest BCUT2D eigenvalue weighted by atomic mass is 35.5. The first-order valence-electron chi connectivity index (χ1n) is 9.69. The van der Waals surface area contributed by atoms with Gasteiger partial charge in [-0.15, -0.1) is 5.10 Å². The molecule has 1 aliphatic heterocycles. The maximum Gasteiger partial charge on any atom is 0.260 e. The summed E-state index contributed by atoms with van der Waals surface area (Å²) in [6, 6.07) is 6.96. The number of rotatable bonds is 4. The monoisotopic (exact) mass is 419 g/mol. The SMILES string of the molecule is O=C(c1ccc(Cl)cc1)N1CCCCC(Sc2nnnn2C2CCCC2)C1=O. The molecule has 1 aromatic carbocycles. The van der Waals surface area contributed by atoms with E-state index in [9.17, 15) is 9.59 Å². The lowest BCUT2D eigenvalue weighted by Gasteiger charge is -2.22. The minimum atomic E-state index is -0.357. The molecule has 0 radical (unpaired) electrons. The first-order chi connectivity index (χ1) is 13.6. The van der Waals surface area contributed by atoms with Gasteiger partial charge >= 0.3 is 0 Å². The van der Waals surface area contributed by atoms with Crippen molar-refractivity contribution in [2.45, 2.75) is 61.4 Å². The molecule has 1 atom stereocenters. The molecular formula is C19H22ClN5O2S. The summed E-state index contributed by atoms with van der Waals surface area (Å²) in [4.78, 5) is 27.4. The van der Waals surface area contributed by atoms with Crippen LogP contribution in [0.25, 0.3) is 0 Å². The largest absolute Gasteiger partial charge is 0.278 e. The van der Waals surface area contributed by atoms with Crippen molar-refractivity contribution in [1.29, 1.82) is 0 Å². The van der Waals surface area contributed by atoms with Crippen LogP contribution in [0.15, 0.2) is 29.4 Å². The van der Waals surface area contributed by atoms with Gasteiger partial charge in [-0.3, -0.25) is 14.5 Å². The van der Waals surface area contributed by atoms with E-state index in [2.05, 4.69) is 15.5 Å². The Labute approximate surface area is 172 Å². The highest BCUT2D eigenvalue weighted by molar-refractivity contribution is 8.00. The van der Waals surface area contributed by atoms with E-state index in [1.165, 1.54) is 29.5 Å². The fraction of sp³-hybridized carbons (Fsp3) is 0.526. The Morgan fingerprint density at radius 1 is 1.07 bits per heavy atom. The topological polar surface area (TPSA) is 81.0 Å². The molecule has 2 heterocycles. The summed E-state index contributed by atoms with van der Waals surface area (Å²) in [5.41, 5.74) is 0.471. The first kappa shape index (κ1) is 19.4. The number of hydrogen-bond donors (Lipinski definition) is 0. The Kier molecular flexibility index (Phi) is 5.96. The van der Waals surface area contributed by atoms with Crippen LogP contribution in [0.3, 0.4) is 0 Å². The lowest BCUT2D eigenvalue weighted by molar-refractivity contribution is -0.127. The van der Waals surface area contributed by atoms with Crippen LogP contribution in [0.2, 0.25) is 5.02 Å². The van der Waals surface area contributed by atoms with Crippen LogP contribution in [-0.4, -0.2) is 48.7 Å². The van der Waals surface area contributed by atoms with Crippen LogP contribution < -0.4 is 0 Å². The third-order valence-corrected chi connectivity index (χ3v) is 6.81. The highest BCUT2D eigenvalue weighted by Crippen LogP contribution is 2.34. The van der Waals surface area contributed by atoms with E-state index in [1.807, 2.05) is 4.68 Å². The molecule has 1 saturated heterocycles. The van der Waals surface area contributed by atoms with Crippen molar-refractivity contribution >= 4 is 35.2 Å². The molecule has 0 bridgehead atoms. The van der Waals surface area contributed by atoms with E-state index in [1.54, 1.807) is 24.3 Å². The van der Waals surface area contributed by atoms with Crippen molar-refractivity contribution in [3.05, 3.63) is 34.9 Å². The van der Waals surface area contributed by atoms with Gasteiger partial charge in [0.25, 0.3) is 5.91 Å². The van der Waals surface area contributed by atoms with Crippen LogP contribution in [0.1, 0.15) is 61.3 Å². The quantitative estimate of drug-likeness (QED) is 0.702. The maximum absolute atomic E-state index is 13.2. The summed E-state index contributed by atoms with van der Waals surface area (Å²) in [6.07, 6.45) is 6.90. The van der Waals surface area contributed by atoms with Crippen molar-refractivity contribution in [2.24, 2.45) is 0 Å². The van der Waals surface area contributed by atoms with Gasteiger partial charge in [0.2, 0.25) is 11.1 Å². The molecule has 2 aromatic rings. The lowest BCUT2D eigenvalue weighted by Crippen LogP contribution is -2.41. The molecule has 1 aromatic heterocycles. The molecule has 2 aliphatic rings. The molecule has 0 spiro atoms. The molecule has 1 saturated carbocycles. The van der Waals surface area contributed by atoms with Crippen LogP contribution in [0, 0.1) is 0 Å². The minimum absolute atomic E-state index is 0.163. The number of amides is 2. The predicted octanol–water partition coefficient (Wildman–Crippen LogP) is 3.76. The molecule has 2 amide bonds. The number of hydrogen-bond acceptors (Lipinski definition) is 6. The summed E-state index contributed by atoms with van der Waals surface area (Å²) < 4.78 is 1.86. The first-order valence-corrected chi connectivity index (χ1v) is 10.9. The summed E-state index contributed by atoms with van der Waals surface area (Å²) in [7, 11) is 0. The zero-order chi connectivity index (χ0) is 19.5. The summed E-state index contributed by atoms with van der Waals surface area (Å²) in [5.74, 6) is -0.437. The van der Waals surface area contributed by atoms with E-state index >= 15 is 0 Å². The van der Waals surface area contributed by atoms with Gasteiger partial charge in [-0.05, 0) is 60.4 Å². The molecule has 4 rings (SSSR count). The Hall–Kier alpha value is -1.93.